The van der Waals surface area contributed by atoms with E-state index in [4.69, 9.17) is 4.74 Å². The van der Waals surface area contributed by atoms with Crippen molar-refractivity contribution in [3.63, 3.8) is 0 Å². The molecule has 0 aliphatic carbocycles. The fraction of sp³-hybridized carbons (Fsp3) is 0.500. The maximum atomic E-state index is 9.24. The molecule has 2 rings (SSSR count). The molecule has 0 bridgehead atoms. The SMILES string of the molecule is OCc1ccc(Br)cc1SCC1CCCO1. The first-order valence-electron chi connectivity index (χ1n) is 5.43. The molecule has 1 unspecified atom stereocenters. The van der Waals surface area contributed by atoms with E-state index in [0.717, 1.165) is 33.7 Å². The molecule has 1 N–H and O–H groups in total. The van der Waals surface area contributed by atoms with E-state index in [1.807, 2.05) is 12.1 Å². The number of hydrogen-bond acceptors (Lipinski definition) is 3. The van der Waals surface area contributed by atoms with E-state index in [1.54, 1.807) is 11.8 Å². The Morgan fingerprint density at radius 3 is 3.06 bits per heavy atom. The second-order valence-electron chi connectivity index (χ2n) is 3.86. The van der Waals surface area contributed by atoms with Gasteiger partial charge in [0.2, 0.25) is 0 Å². The zero-order valence-electron chi connectivity index (χ0n) is 8.99. The summed E-state index contributed by atoms with van der Waals surface area (Å²) >= 11 is 5.22. The molecule has 2 nitrogen and oxygen atoms in total. The van der Waals surface area contributed by atoms with Crippen molar-refractivity contribution in [2.45, 2.75) is 30.4 Å². The summed E-state index contributed by atoms with van der Waals surface area (Å²) in [6.07, 6.45) is 2.72. The van der Waals surface area contributed by atoms with Crippen LogP contribution >= 0.6 is 27.7 Å². The van der Waals surface area contributed by atoms with E-state index < -0.39 is 0 Å². The molecule has 88 valence electrons. The van der Waals surface area contributed by atoms with Crippen LogP contribution in [0, 0.1) is 0 Å². The fourth-order valence-corrected chi connectivity index (χ4v) is 3.42. The Balaban J connectivity index is 1.98. The van der Waals surface area contributed by atoms with Crippen LogP contribution in [0.5, 0.6) is 0 Å². The van der Waals surface area contributed by atoms with Crippen LogP contribution < -0.4 is 0 Å². The van der Waals surface area contributed by atoms with Crippen LogP contribution in [0.3, 0.4) is 0 Å². The van der Waals surface area contributed by atoms with Crippen molar-refractivity contribution in [1.29, 1.82) is 0 Å². The van der Waals surface area contributed by atoms with E-state index in [2.05, 4.69) is 22.0 Å². The van der Waals surface area contributed by atoms with E-state index in [-0.39, 0.29) is 6.61 Å². The smallest absolute Gasteiger partial charge is 0.0692 e. The first kappa shape index (κ1) is 12.4. The van der Waals surface area contributed by atoms with Gasteiger partial charge in [-0.3, -0.25) is 0 Å². The van der Waals surface area contributed by atoms with Crippen molar-refractivity contribution in [3.8, 4) is 0 Å². The summed E-state index contributed by atoms with van der Waals surface area (Å²) in [6.45, 7) is 0.998. The van der Waals surface area contributed by atoms with Crippen molar-refractivity contribution in [2.75, 3.05) is 12.4 Å². The topological polar surface area (TPSA) is 29.5 Å². The Hall–Kier alpha value is -0.0300. The molecule has 0 amide bonds. The Morgan fingerprint density at radius 1 is 1.50 bits per heavy atom. The minimum absolute atomic E-state index is 0.0984. The van der Waals surface area contributed by atoms with Crippen LogP contribution in [0.2, 0.25) is 0 Å². The summed E-state index contributed by atoms with van der Waals surface area (Å²) < 4.78 is 6.64. The summed E-state index contributed by atoms with van der Waals surface area (Å²) in [4.78, 5) is 1.15. The first-order chi connectivity index (χ1) is 7.79. The summed E-state index contributed by atoms with van der Waals surface area (Å²) in [6, 6.07) is 5.98. The Bertz CT molecular complexity index is 351. The molecule has 1 aromatic rings. The van der Waals surface area contributed by atoms with Crippen molar-refractivity contribution >= 4 is 27.7 Å². The van der Waals surface area contributed by atoms with Gasteiger partial charge in [-0.1, -0.05) is 22.0 Å². The molecule has 0 radical (unpaired) electrons. The van der Waals surface area contributed by atoms with E-state index in [1.165, 1.54) is 6.42 Å². The van der Waals surface area contributed by atoms with Gasteiger partial charge in [0.25, 0.3) is 0 Å². The molecule has 16 heavy (non-hydrogen) atoms. The van der Waals surface area contributed by atoms with Gasteiger partial charge in [-0.05, 0) is 30.5 Å². The van der Waals surface area contributed by atoms with Gasteiger partial charge in [0, 0.05) is 21.7 Å². The van der Waals surface area contributed by atoms with Gasteiger partial charge in [0.05, 0.1) is 12.7 Å². The zero-order chi connectivity index (χ0) is 11.4. The standard InChI is InChI=1S/C12H15BrO2S/c13-10-4-3-9(7-14)12(6-10)16-8-11-2-1-5-15-11/h3-4,6,11,14H,1-2,5,7-8H2. The summed E-state index contributed by atoms with van der Waals surface area (Å²) in [5.41, 5.74) is 0.992. The average Bonchev–Trinajstić information content (AvgIpc) is 2.79. The van der Waals surface area contributed by atoms with Crippen LogP contribution in [0.1, 0.15) is 18.4 Å². The largest absolute Gasteiger partial charge is 0.392 e. The van der Waals surface area contributed by atoms with E-state index in [0.29, 0.717) is 6.10 Å². The Kier molecular flexibility index (Phi) is 4.70. The molecule has 1 aliphatic rings. The van der Waals surface area contributed by atoms with Crippen molar-refractivity contribution in [3.05, 3.63) is 28.2 Å². The fourth-order valence-electron chi connectivity index (χ4n) is 1.75. The summed E-state index contributed by atoms with van der Waals surface area (Å²) in [5, 5.41) is 9.24. The van der Waals surface area contributed by atoms with Gasteiger partial charge in [0.15, 0.2) is 0 Å². The number of benzene rings is 1. The highest BCUT2D eigenvalue weighted by molar-refractivity contribution is 9.10. The zero-order valence-corrected chi connectivity index (χ0v) is 11.4. The van der Waals surface area contributed by atoms with E-state index >= 15 is 0 Å². The number of aliphatic hydroxyl groups excluding tert-OH is 1. The molecular weight excluding hydrogens is 288 g/mol. The molecule has 1 saturated heterocycles. The first-order valence-corrected chi connectivity index (χ1v) is 7.21. The minimum Gasteiger partial charge on any atom is -0.392 e. The van der Waals surface area contributed by atoms with Gasteiger partial charge >= 0.3 is 0 Å². The average molecular weight is 303 g/mol. The summed E-state index contributed by atoms with van der Waals surface area (Å²) in [5.74, 6) is 0.976. The van der Waals surface area contributed by atoms with Crippen molar-refractivity contribution in [1.82, 2.24) is 0 Å². The normalized spacial score (nSPS) is 20.2. The molecule has 1 atom stereocenters. The monoisotopic (exact) mass is 302 g/mol. The van der Waals surface area contributed by atoms with Crippen LogP contribution in [0.4, 0.5) is 0 Å². The maximum absolute atomic E-state index is 9.24. The molecule has 0 spiro atoms. The molecule has 1 fully saturated rings. The molecule has 1 heterocycles. The van der Waals surface area contributed by atoms with Crippen LogP contribution in [0.15, 0.2) is 27.6 Å². The molecule has 0 saturated carbocycles. The highest BCUT2D eigenvalue weighted by Gasteiger charge is 2.16. The molecular formula is C12H15BrO2S. The molecule has 0 aromatic heterocycles. The molecule has 4 heteroatoms. The Morgan fingerprint density at radius 2 is 2.38 bits per heavy atom. The van der Waals surface area contributed by atoms with Crippen LogP contribution in [-0.2, 0) is 11.3 Å². The predicted molar refractivity (Wildman–Crippen MR) is 69.8 cm³/mol. The third-order valence-electron chi connectivity index (χ3n) is 2.65. The number of rotatable bonds is 4. The number of aliphatic hydroxyl groups is 1. The third-order valence-corrected chi connectivity index (χ3v) is 4.37. The lowest BCUT2D eigenvalue weighted by Gasteiger charge is -2.11. The number of ether oxygens (including phenoxy) is 1. The maximum Gasteiger partial charge on any atom is 0.0692 e. The number of hydrogen-bond donors (Lipinski definition) is 1. The van der Waals surface area contributed by atoms with Gasteiger partial charge in [-0.2, -0.15) is 0 Å². The van der Waals surface area contributed by atoms with Crippen molar-refractivity contribution in [2.24, 2.45) is 0 Å². The molecule has 1 aliphatic heterocycles. The van der Waals surface area contributed by atoms with E-state index in [9.17, 15) is 5.11 Å². The van der Waals surface area contributed by atoms with Gasteiger partial charge in [0.1, 0.15) is 0 Å². The van der Waals surface area contributed by atoms with Gasteiger partial charge in [-0.15, -0.1) is 11.8 Å². The second kappa shape index (κ2) is 6.05. The second-order valence-corrected chi connectivity index (χ2v) is 5.83. The third kappa shape index (κ3) is 3.23. The highest BCUT2D eigenvalue weighted by atomic mass is 79.9. The van der Waals surface area contributed by atoms with Gasteiger partial charge < -0.3 is 9.84 Å². The highest BCUT2D eigenvalue weighted by Crippen LogP contribution is 2.29. The lowest BCUT2D eigenvalue weighted by Crippen LogP contribution is -2.08. The number of halogens is 1. The quantitative estimate of drug-likeness (QED) is 0.866. The van der Waals surface area contributed by atoms with Crippen molar-refractivity contribution < 1.29 is 9.84 Å². The van der Waals surface area contributed by atoms with Crippen LogP contribution in [0.25, 0.3) is 0 Å². The predicted octanol–water partition coefficient (Wildman–Crippen LogP) is 3.21. The summed E-state index contributed by atoms with van der Waals surface area (Å²) in [7, 11) is 0. The van der Waals surface area contributed by atoms with Crippen LogP contribution in [-0.4, -0.2) is 23.6 Å². The lowest BCUT2D eigenvalue weighted by molar-refractivity contribution is 0.129. The number of thioether (sulfide) groups is 1. The minimum atomic E-state index is 0.0984. The lowest BCUT2D eigenvalue weighted by atomic mass is 10.2. The Labute approximate surface area is 109 Å². The molecule has 1 aromatic carbocycles. The van der Waals surface area contributed by atoms with Gasteiger partial charge in [-0.25, -0.2) is 0 Å².